The molecule has 4 nitrogen and oxygen atoms in total. The van der Waals surface area contributed by atoms with Crippen molar-refractivity contribution in [2.75, 3.05) is 0 Å². The molecule has 0 fully saturated rings. The average molecular weight is 691 g/mol. The van der Waals surface area contributed by atoms with Gasteiger partial charge in [0, 0.05) is 44.4 Å². The molecule has 0 spiro atoms. The predicted octanol–water partition coefficient (Wildman–Crippen LogP) is 12.8. The minimum Gasteiger partial charge on any atom is -0.310 e. The van der Waals surface area contributed by atoms with E-state index in [1.807, 2.05) is 24.3 Å². The Hall–Kier alpha value is -7.04. The topological polar surface area (TPSA) is 35.6 Å². The summed E-state index contributed by atoms with van der Waals surface area (Å²) in [6.07, 6.45) is 7.79. The van der Waals surface area contributed by atoms with Gasteiger partial charge in [0.05, 0.1) is 44.5 Å². The molecule has 0 saturated heterocycles. The summed E-state index contributed by atoms with van der Waals surface area (Å²) in [5.74, 6) is 0.114. The van der Waals surface area contributed by atoms with Crippen molar-refractivity contribution in [3.8, 4) is 28.1 Å². The van der Waals surface area contributed by atoms with Gasteiger partial charge in [-0.25, -0.2) is 9.97 Å². The number of aromatic nitrogens is 4. The zero-order chi connectivity index (χ0) is 35.6. The van der Waals surface area contributed by atoms with Crippen molar-refractivity contribution in [1.82, 2.24) is 19.1 Å². The highest BCUT2D eigenvalue weighted by atomic mass is 15.0. The SMILES string of the molecule is C1=CC(c2nc3ccccc3nc2-c2ccccc2)CC=C1n1c2ccccc2c2cc(-c3ccc4c(c3)c3ccccc3n4-c3ccccc3)ccc21. The van der Waals surface area contributed by atoms with Gasteiger partial charge >= 0.3 is 0 Å². The Bertz CT molecular complexity index is 3130. The lowest BCUT2D eigenvalue weighted by molar-refractivity contribution is 0.815. The number of fused-ring (bicyclic) bond motifs is 7. The number of allylic oxidation sites excluding steroid dienone is 4. The Kier molecular flexibility index (Phi) is 6.96. The molecule has 0 bridgehead atoms. The molecule has 1 atom stereocenters. The smallest absolute Gasteiger partial charge is 0.0931 e. The van der Waals surface area contributed by atoms with Crippen LogP contribution in [0.2, 0.25) is 0 Å². The van der Waals surface area contributed by atoms with Gasteiger partial charge in [-0.2, -0.15) is 0 Å². The van der Waals surface area contributed by atoms with Gasteiger partial charge in [0.25, 0.3) is 0 Å². The summed E-state index contributed by atoms with van der Waals surface area (Å²) in [7, 11) is 0. The van der Waals surface area contributed by atoms with Crippen molar-refractivity contribution < 1.29 is 0 Å². The Balaban J connectivity index is 0.997. The van der Waals surface area contributed by atoms with E-state index in [0.717, 1.165) is 34.4 Å². The highest BCUT2D eigenvalue weighted by Gasteiger charge is 2.22. The van der Waals surface area contributed by atoms with Gasteiger partial charge in [-0.05, 0) is 84.3 Å². The molecular weight excluding hydrogens is 657 g/mol. The maximum atomic E-state index is 5.20. The van der Waals surface area contributed by atoms with Crippen molar-refractivity contribution in [2.24, 2.45) is 0 Å². The lowest BCUT2D eigenvalue weighted by atomic mass is 9.92. The minimum absolute atomic E-state index is 0.114. The van der Waals surface area contributed by atoms with Crippen LogP contribution in [0.4, 0.5) is 0 Å². The molecule has 0 saturated carbocycles. The molecular formula is C50H34N4. The van der Waals surface area contributed by atoms with E-state index in [1.54, 1.807) is 0 Å². The maximum Gasteiger partial charge on any atom is 0.0931 e. The zero-order valence-electron chi connectivity index (χ0n) is 29.5. The summed E-state index contributed by atoms with van der Waals surface area (Å²) in [4.78, 5) is 10.3. The second-order valence-corrected chi connectivity index (χ2v) is 14.1. The van der Waals surface area contributed by atoms with E-state index in [0.29, 0.717) is 0 Å². The summed E-state index contributed by atoms with van der Waals surface area (Å²) < 4.78 is 4.79. The van der Waals surface area contributed by atoms with Crippen LogP contribution in [0, 0.1) is 0 Å². The van der Waals surface area contributed by atoms with E-state index in [2.05, 4.69) is 173 Å². The molecule has 11 rings (SSSR count). The minimum atomic E-state index is 0.114. The van der Waals surface area contributed by atoms with E-state index in [1.165, 1.54) is 66.1 Å². The fraction of sp³-hybridized carbons (Fsp3) is 0.0400. The molecule has 254 valence electrons. The van der Waals surface area contributed by atoms with Gasteiger partial charge in [0.1, 0.15) is 0 Å². The fourth-order valence-corrected chi connectivity index (χ4v) is 8.50. The third-order valence-electron chi connectivity index (χ3n) is 11.0. The summed E-state index contributed by atoms with van der Waals surface area (Å²) in [5.41, 5.74) is 14.5. The highest BCUT2D eigenvalue weighted by Crippen LogP contribution is 2.40. The first-order valence-electron chi connectivity index (χ1n) is 18.6. The average Bonchev–Trinajstić information content (AvgIpc) is 3.76. The maximum absolute atomic E-state index is 5.20. The van der Waals surface area contributed by atoms with Crippen molar-refractivity contribution in [1.29, 1.82) is 0 Å². The van der Waals surface area contributed by atoms with Crippen molar-refractivity contribution >= 4 is 60.3 Å². The van der Waals surface area contributed by atoms with Gasteiger partial charge in [0.2, 0.25) is 0 Å². The van der Waals surface area contributed by atoms with Crippen molar-refractivity contribution in [3.05, 3.63) is 194 Å². The van der Waals surface area contributed by atoms with Crippen LogP contribution < -0.4 is 0 Å². The van der Waals surface area contributed by atoms with Gasteiger partial charge < -0.3 is 9.13 Å². The monoisotopic (exact) mass is 690 g/mol. The Morgan fingerprint density at radius 1 is 0.444 bits per heavy atom. The van der Waals surface area contributed by atoms with Crippen LogP contribution in [-0.2, 0) is 0 Å². The molecule has 7 aromatic carbocycles. The molecule has 0 amide bonds. The molecule has 0 radical (unpaired) electrons. The number of para-hydroxylation sites is 5. The Labute approximate surface area is 312 Å². The summed E-state index contributed by atoms with van der Waals surface area (Å²) in [6.45, 7) is 0. The Morgan fingerprint density at radius 3 is 1.63 bits per heavy atom. The zero-order valence-corrected chi connectivity index (χ0v) is 29.5. The van der Waals surface area contributed by atoms with Gasteiger partial charge in [-0.15, -0.1) is 0 Å². The molecule has 3 heterocycles. The van der Waals surface area contributed by atoms with Crippen LogP contribution >= 0.6 is 0 Å². The number of rotatable bonds is 5. The quantitative estimate of drug-likeness (QED) is 0.180. The first kappa shape index (κ1) is 30.6. The van der Waals surface area contributed by atoms with Gasteiger partial charge in [-0.3, -0.25) is 0 Å². The number of benzene rings is 7. The molecule has 1 aliphatic rings. The predicted molar refractivity (Wildman–Crippen MR) is 225 cm³/mol. The Morgan fingerprint density at radius 2 is 0.981 bits per heavy atom. The van der Waals surface area contributed by atoms with Crippen LogP contribution in [-0.4, -0.2) is 19.1 Å². The van der Waals surface area contributed by atoms with Crippen LogP contribution in [0.15, 0.2) is 188 Å². The largest absolute Gasteiger partial charge is 0.310 e. The third-order valence-corrected chi connectivity index (χ3v) is 11.0. The third kappa shape index (κ3) is 4.84. The van der Waals surface area contributed by atoms with Gasteiger partial charge in [0.15, 0.2) is 0 Å². The van der Waals surface area contributed by atoms with E-state index >= 15 is 0 Å². The molecule has 10 aromatic rings. The van der Waals surface area contributed by atoms with Crippen molar-refractivity contribution in [3.63, 3.8) is 0 Å². The molecule has 4 heteroatoms. The van der Waals surface area contributed by atoms with Crippen molar-refractivity contribution in [2.45, 2.75) is 12.3 Å². The standard InChI is InChI=1S/C50H34N4/c1-3-13-33(14-4-1)49-50(52-44-20-10-9-19-43(44)51-49)34-23-27-38(28-24-34)54-46-22-12-8-18-40(46)42-32-36(26-30-48(42)54)35-25-29-47-41(31-35)39-17-7-11-21-45(39)53(47)37-15-5-2-6-16-37/h1-23,25-32,34H,24H2. The molecule has 3 aromatic heterocycles. The summed E-state index contributed by atoms with van der Waals surface area (Å²) >= 11 is 0. The summed E-state index contributed by atoms with van der Waals surface area (Å²) in [6, 6.07) is 60.6. The molecule has 0 N–H and O–H groups in total. The second kappa shape index (κ2) is 12.3. The van der Waals surface area contributed by atoms with Crippen LogP contribution in [0.25, 0.3) is 88.4 Å². The van der Waals surface area contributed by atoms with Crippen LogP contribution in [0.3, 0.4) is 0 Å². The second-order valence-electron chi connectivity index (χ2n) is 14.1. The molecule has 1 aliphatic carbocycles. The number of hydrogen-bond acceptors (Lipinski definition) is 2. The molecule has 54 heavy (non-hydrogen) atoms. The molecule has 0 aliphatic heterocycles. The number of nitrogens with zero attached hydrogens (tertiary/aromatic N) is 4. The van der Waals surface area contributed by atoms with Gasteiger partial charge in [-0.1, -0.05) is 121 Å². The van der Waals surface area contributed by atoms with E-state index < -0.39 is 0 Å². The van der Waals surface area contributed by atoms with Crippen LogP contribution in [0.5, 0.6) is 0 Å². The first-order valence-corrected chi connectivity index (χ1v) is 18.6. The first-order chi connectivity index (χ1) is 26.8. The number of hydrogen-bond donors (Lipinski definition) is 0. The summed E-state index contributed by atoms with van der Waals surface area (Å²) in [5, 5.41) is 5.02. The lowest BCUT2D eigenvalue weighted by Crippen LogP contribution is -2.07. The molecule has 1 unspecified atom stereocenters. The van der Waals surface area contributed by atoms with Crippen LogP contribution in [0.1, 0.15) is 18.0 Å². The van der Waals surface area contributed by atoms with E-state index in [4.69, 9.17) is 9.97 Å². The fourth-order valence-electron chi connectivity index (χ4n) is 8.50. The lowest BCUT2D eigenvalue weighted by Gasteiger charge is -2.20. The van der Waals surface area contributed by atoms with E-state index in [9.17, 15) is 0 Å². The normalized spacial score (nSPS) is 14.4. The van der Waals surface area contributed by atoms with E-state index in [-0.39, 0.29) is 5.92 Å². The highest BCUT2D eigenvalue weighted by molar-refractivity contribution is 6.13.